The molecule has 0 aromatic rings. The molecule has 0 bridgehead atoms. The Labute approximate surface area is 189 Å². The smallest absolute Gasteiger partial charge is 0.0597 e. The van der Waals surface area contributed by atoms with Crippen LogP contribution in [0.4, 0.5) is 0 Å². The van der Waals surface area contributed by atoms with E-state index in [1.165, 1.54) is 69.9 Å². The first kappa shape index (κ1) is 20.9. The second-order valence-corrected chi connectivity index (χ2v) is 10.5. The lowest BCUT2D eigenvalue weighted by Gasteiger charge is -2.51. The monoisotopic (exact) mass is 413 g/mol. The largest absolute Gasteiger partial charge is 0.356 e. The van der Waals surface area contributed by atoms with E-state index in [2.05, 4.69) is 79.5 Å². The highest BCUT2D eigenvalue weighted by atomic mass is 15.2. The van der Waals surface area contributed by atoms with Crippen molar-refractivity contribution < 1.29 is 0 Å². The van der Waals surface area contributed by atoms with Crippen LogP contribution in [0.3, 0.4) is 0 Å². The van der Waals surface area contributed by atoms with Gasteiger partial charge in [0, 0.05) is 11.7 Å². The molecule has 1 nitrogen and oxygen atoms in total. The third kappa shape index (κ3) is 4.09. The molecule has 0 aromatic heterocycles. The Hall–Kier alpha value is -2.02. The maximum Gasteiger partial charge on any atom is 0.0597 e. The van der Waals surface area contributed by atoms with Crippen LogP contribution in [0.1, 0.15) is 78.1 Å². The van der Waals surface area contributed by atoms with E-state index in [1.54, 1.807) is 16.7 Å². The number of allylic oxidation sites excluding steroid dienone is 10. The van der Waals surface area contributed by atoms with E-state index in [0.717, 1.165) is 0 Å². The van der Waals surface area contributed by atoms with E-state index < -0.39 is 0 Å². The maximum atomic E-state index is 2.80. The van der Waals surface area contributed by atoms with Gasteiger partial charge in [-0.15, -0.1) is 0 Å². The molecule has 0 heterocycles. The predicted octanol–water partition coefficient (Wildman–Crippen LogP) is 7.97. The lowest BCUT2D eigenvalue weighted by Crippen LogP contribution is -2.52. The van der Waals surface area contributed by atoms with Crippen molar-refractivity contribution in [2.75, 3.05) is 0 Å². The van der Waals surface area contributed by atoms with Gasteiger partial charge in [-0.3, -0.25) is 0 Å². The molecule has 5 aliphatic carbocycles. The zero-order chi connectivity index (χ0) is 21.3. The van der Waals surface area contributed by atoms with E-state index in [0.29, 0.717) is 17.9 Å². The van der Waals surface area contributed by atoms with Gasteiger partial charge in [0.2, 0.25) is 0 Å². The van der Waals surface area contributed by atoms with E-state index in [9.17, 15) is 0 Å². The number of hydrogen-bond acceptors (Lipinski definition) is 1. The summed E-state index contributed by atoms with van der Waals surface area (Å²) in [6, 6.07) is 0.528. The van der Waals surface area contributed by atoms with Crippen molar-refractivity contribution in [3.63, 3.8) is 0 Å². The van der Waals surface area contributed by atoms with Crippen LogP contribution in [0.25, 0.3) is 0 Å². The van der Waals surface area contributed by atoms with Crippen molar-refractivity contribution in [3.8, 4) is 0 Å². The third-order valence-corrected chi connectivity index (χ3v) is 8.23. The molecule has 4 unspecified atom stereocenters. The van der Waals surface area contributed by atoms with Gasteiger partial charge in [0.1, 0.15) is 0 Å². The van der Waals surface area contributed by atoms with Crippen LogP contribution in [-0.4, -0.2) is 16.5 Å². The van der Waals surface area contributed by atoms with Gasteiger partial charge in [-0.05, 0) is 113 Å². The highest BCUT2D eigenvalue weighted by molar-refractivity contribution is 5.47. The molecule has 0 N–H and O–H groups in total. The molecule has 5 aliphatic rings. The normalized spacial score (nSPS) is 35.0. The molecular weight excluding hydrogens is 374 g/mol. The summed E-state index contributed by atoms with van der Waals surface area (Å²) in [5.41, 5.74) is 6.58. The Balaban J connectivity index is 1.56. The second kappa shape index (κ2) is 8.85. The minimum Gasteiger partial charge on any atom is -0.356 e. The highest BCUT2D eigenvalue weighted by Crippen LogP contribution is 2.46. The topological polar surface area (TPSA) is 3.24 Å². The van der Waals surface area contributed by atoms with Gasteiger partial charge >= 0.3 is 0 Å². The number of nitrogens with zero attached hydrogens (tertiary/aromatic N) is 1. The molecule has 0 aromatic carbocycles. The summed E-state index contributed by atoms with van der Waals surface area (Å²) in [5.74, 6) is 1.26. The lowest BCUT2D eigenvalue weighted by atomic mass is 9.71. The molecule has 0 saturated heterocycles. The Bertz CT molecular complexity index is 905. The van der Waals surface area contributed by atoms with Gasteiger partial charge in [0.25, 0.3) is 0 Å². The summed E-state index contributed by atoms with van der Waals surface area (Å²) in [6.45, 7) is 4.86. The highest BCUT2D eigenvalue weighted by Gasteiger charge is 2.40. The van der Waals surface area contributed by atoms with Crippen LogP contribution in [-0.2, 0) is 0 Å². The fourth-order valence-corrected chi connectivity index (χ4v) is 6.39. The Kier molecular flexibility index (Phi) is 5.95. The average molecular weight is 414 g/mol. The zero-order valence-corrected chi connectivity index (χ0v) is 19.5. The summed E-state index contributed by atoms with van der Waals surface area (Å²) in [4.78, 5) is 2.80. The molecule has 0 fully saturated rings. The Morgan fingerprint density at radius 1 is 1.00 bits per heavy atom. The summed E-state index contributed by atoms with van der Waals surface area (Å²) < 4.78 is 0. The minimum atomic E-state index is 0.159. The molecule has 164 valence electrons. The van der Waals surface area contributed by atoms with Crippen molar-refractivity contribution in [1.82, 2.24) is 4.90 Å². The van der Waals surface area contributed by atoms with Crippen molar-refractivity contribution in [2.45, 2.75) is 89.6 Å². The molecule has 0 aliphatic heterocycles. The van der Waals surface area contributed by atoms with E-state index in [-0.39, 0.29) is 5.54 Å². The molecule has 1 heteroatoms. The summed E-state index contributed by atoms with van der Waals surface area (Å²) >= 11 is 0. The molecule has 0 spiro atoms. The second-order valence-electron chi connectivity index (χ2n) is 10.5. The van der Waals surface area contributed by atoms with Crippen LogP contribution >= 0.6 is 0 Å². The van der Waals surface area contributed by atoms with Crippen molar-refractivity contribution in [2.24, 2.45) is 11.8 Å². The Morgan fingerprint density at radius 3 is 2.55 bits per heavy atom. The SMILES string of the molecule is CC1=C(N(C2C=CCCC2)C2(C)C=CC2)C=C(C2=CCCCC2)C(C2C=CC=CC2)C1. The molecule has 5 rings (SSSR count). The van der Waals surface area contributed by atoms with Crippen LogP contribution in [0.15, 0.2) is 83.2 Å². The molecule has 4 atom stereocenters. The van der Waals surface area contributed by atoms with Crippen molar-refractivity contribution >= 4 is 0 Å². The molecule has 0 amide bonds. The quantitative estimate of drug-likeness (QED) is 0.413. The molecule has 31 heavy (non-hydrogen) atoms. The first-order valence-electron chi connectivity index (χ1n) is 12.7. The standard InChI is InChI=1S/C30H39N/c1-23-21-27(24-13-6-3-7-14-24)28(25-15-8-4-9-16-25)22-29(23)31(30(2)19-12-20-30)26-17-10-5-11-18-26/h3,6-7,10,12-13,15,17,19,22,24,26-27H,4-5,8-9,11,14,16,18,20-21H2,1-2H3. The fourth-order valence-electron chi connectivity index (χ4n) is 6.39. The van der Waals surface area contributed by atoms with Gasteiger partial charge < -0.3 is 4.90 Å². The predicted molar refractivity (Wildman–Crippen MR) is 133 cm³/mol. The van der Waals surface area contributed by atoms with Crippen molar-refractivity contribution in [1.29, 1.82) is 0 Å². The van der Waals surface area contributed by atoms with Crippen molar-refractivity contribution in [3.05, 3.63) is 83.2 Å². The third-order valence-electron chi connectivity index (χ3n) is 8.23. The van der Waals surface area contributed by atoms with E-state index in [4.69, 9.17) is 0 Å². The Morgan fingerprint density at radius 2 is 1.90 bits per heavy atom. The van der Waals surface area contributed by atoms with Gasteiger partial charge in [-0.2, -0.15) is 0 Å². The van der Waals surface area contributed by atoms with Crippen LogP contribution in [0, 0.1) is 11.8 Å². The molecular formula is C30H39N. The van der Waals surface area contributed by atoms with Gasteiger partial charge in [-0.1, -0.05) is 54.7 Å². The van der Waals surface area contributed by atoms with Gasteiger partial charge in [-0.25, -0.2) is 0 Å². The molecule has 0 radical (unpaired) electrons. The fraction of sp³-hybridized carbons (Fsp3) is 0.533. The summed E-state index contributed by atoms with van der Waals surface area (Å²) in [7, 11) is 0. The van der Waals surface area contributed by atoms with Crippen LogP contribution in [0.2, 0.25) is 0 Å². The van der Waals surface area contributed by atoms with E-state index in [1.807, 2.05) is 0 Å². The zero-order valence-electron chi connectivity index (χ0n) is 19.5. The van der Waals surface area contributed by atoms with Crippen LogP contribution < -0.4 is 0 Å². The minimum absolute atomic E-state index is 0.159. The molecule has 0 saturated carbocycles. The summed E-state index contributed by atoms with van der Waals surface area (Å²) in [6.07, 6.45) is 36.9. The van der Waals surface area contributed by atoms with E-state index >= 15 is 0 Å². The maximum absolute atomic E-state index is 2.80. The van der Waals surface area contributed by atoms with Crippen LogP contribution in [0.5, 0.6) is 0 Å². The lowest BCUT2D eigenvalue weighted by molar-refractivity contribution is 0.139. The first-order chi connectivity index (χ1) is 15.2. The first-order valence-corrected chi connectivity index (χ1v) is 12.7. The van der Waals surface area contributed by atoms with Gasteiger partial charge in [0.05, 0.1) is 5.54 Å². The number of hydrogen-bond donors (Lipinski definition) is 0. The summed E-state index contributed by atoms with van der Waals surface area (Å²) in [5, 5.41) is 0. The number of rotatable bonds is 5. The van der Waals surface area contributed by atoms with Gasteiger partial charge in [0.15, 0.2) is 0 Å². The average Bonchev–Trinajstić information content (AvgIpc) is 2.81.